The maximum absolute atomic E-state index is 13.0. The lowest BCUT2D eigenvalue weighted by Gasteiger charge is -2.47. The van der Waals surface area contributed by atoms with Gasteiger partial charge in [-0.1, -0.05) is 20.3 Å². The normalized spacial score (nSPS) is 21.1. The second-order valence-corrected chi connectivity index (χ2v) is 8.42. The third-order valence-corrected chi connectivity index (χ3v) is 6.75. The van der Waals surface area contributed by atoms with E-state index in [1.807, 2.05) is 6.92 Å². The van der Waals surface area contributed by atoms with Crippen molar-refractivity contribution in [2.75, 3.05) is 20.3 Å². The smallest absolute Gasteiger partial charge is 0.340 e. The van der Waals surface area contributed by atoms with E-state index in [1.54, 1.807) is 7.11 Å². The van der Waals surface area contributed by atoms with E-state index >= 15 is 0 Å². The number of fused-ring (bicyclic) bond motifs is 1. The second-order valence-electron chi connectivity index (χ2n) is 8.42. The number of ether oxygens (including phenoxy) is 2. The highest BCUT2D eigenvalue weighted by atomic mass is 16.5. The van der Waals surface area contributed by atoms with Gasteiger partial charge in [0.25, 0.3) is 0 Å². The summed E-state index contributed by atoms with van der Waals surface area (Å²) in [5.41, 5.74) is 4.49. The largest absolute Gasteiger partial charge is 0.462 e. The van der Waals surface area contributed by atoms with E-state index < -0.39 is 6.10 Å². The van der Waals surface area contributed by atoms with Gasteiger partial charge in [-0.25, -0.2) is 4.79 Å². The van der Waals surface area contributed by atoms with Crippen LogP contribution in [0.15, 0.2) is 0 Å². The number of pyridine rings is 1. The highest BCUT2D eigenvalue weighted by Gasteiger charge is 2.45. The Labute approximate surface area is 168 Å². The highest BCUT2D eigenvalue weighted by Crippen LogP contribution is 2.54. The lowest BCUT2D eigenvalue weighted by atomic mass is 9.59. The summed E-state index contributed by atoms with van der Waals surface area (Å²) in [7, 11) is 1.70. The number of rotatable bonds is 8. The van der Waals surface area contributed by atoms with Crippen LogP contribution in [0, 0.1) is 5.41 Å². The van der Waals surface area contributed by atoms with Gasteiger partial charge >= 0.3 is 5.97 Å². The molecule has 5 nitrogen and oxygen atoms in total. The number of methoxy groups -OCH3 is 1. The van der Waals surface area contributed by atoms with E-state index in [2.05, 4.69) is 13.8 Å². The molecule has 156 valence electrons. The Kier molecular flexibility index (Phi) is 6.77. The van der Waals surface area contributed by atoms with Crippen molar-refractivity contribution in [2.24, 2.45) is 5.41 Å². The highest BCUT2D eigenvalue weighted by molar-refractivity contribution is 5.93. The molecule has 2 aliphatic rings. The molecule has 3 rings (SSSR count). The average Bonchev–Trinajstić information content (AvgIpc) is 2.66. The molecule has 1 saturated carbocycles. The second kappa shape index (κ2) is 8.91. The summed E-state index contributed by atoms with van der Waals surface area (Å²) in [6.07, 6.45) is 7.15. The van der Waals surface area contributed by atoms with E-state index in [0.717, 1.165) is 48.2 Å². The molecule has 0 bridgehead atoms. The zero-order chi connectivity index (χ0) is 20.3. The first-order valence-corrected chi connectivity index (χ1v) is 10.9. The van der Waals surface area contributed by atoms with Crippen LogP contribution in [0.1, 0.15) is 104 Å². The molecule has 5 heteroatoms. The van der Waals surface area contributed by atoms with Crippen molar-refractivity contribution >= 4 is 5.97 Å². The molecule has 1 aromatic heterocycles. The number of aliphatic hydroxyl groups excluding tert-OH is 1. The van der Waals surface area contributed by atoms with Crippen molar-refractivity contribution in [1.29, 1.82) is 0 Å². The van der Waals surface area contributed by atoms with Gasteiger partial charge in [-0.15, -0.1) is 0 Å². The molecule has 2 atom stereocenters. The summed E-state index contributed by atoms with van der Waals surface area (Å²) in [6, 6.07) is 0. The molecular formula is C23H35NO4. The molecule has 1 spiro atoms. The number of carbonyl (C=O) groups excluding carboxylic acids is 1. The maximum Gasteiger partial charge on any atom is 0.340 e. The van der Waals surface area contributed by atoms with Crippen molar-refractivity contribution < 1.29 is 19.4 Å². The van der Waals surface area contributed by atoms with Crippen LogP contribution in [-0.2, 0) is 22.3 Å². The number of carbonyl (C=O) groups is 1. The summed E-state index contributed by atoms with van der Waals surface area (Å²) in [4.78, 5) is 18.0. The minimum absolute atomic E-state index is 0.145. The Morgan fingerprint density at radius 2 is 2.07 bits per heavy atom. The number of hydrogen-bond acceptors (Lipinski definition) is 5. The minimum Gasteiger partial charge on any atom is -0.462 e. The van der Waals surface area contributed by atoms with Gasteiger partial charge in [-0.3, -0.25) is 4.98 Å². The van der Waals surface area contributed by atoms with E-state index in [4.69, 9.17) is 14.5 Å². The molecule has 1 heterocycles. The van der Waals surface area contributed by atoms with Crippen LogP contribution in [0.25, 0.3) is 0 Å². The summed E-state index contributed by atoms with van der Waals surface area (Å²) < 4.78 is 10.7. The number of aromatic nitrogens is 1. The molecule has 0 aliphatic heterocycles. The van der Waals surface area contributed by atoms with E-state index in [-0.39, 0.29) is 17.3 Å². The maximum atomic E-state index is 13.0. The number of hydrogen-bond donors (Lipinski definition) is 1. The number of nitrogens with zero attached hydrogens (tertiary/aromatic N) is 1. The zero-order valence-electron chi connectivity index (χ0n) is 17.8. The van der Waals surface area contributed by atoms with Crippen LogP contribution in [0.3, 0.4) is 0 Å². The summed E-state index contributed by atoms with van der Waals surface area (Å²) in [5.74, 6) is -0.164. The zero-order valence-corrected chi connectivity index (χ0v) is 17.8. The number of esters is 1. The van der Waals surface area contributed by atoms with Gasteiger partial charge in [0.05, 0.1) is 24.0 Å². The fraction of sp³-hybridized carbons (Fsp3) is 0.739. The van der Waals surface area contributed by atoms with Crippen molar-refractivity contribution in [3.05, 3.63) is 28.1 Å². The Hall–Kier alpha value is -1.46. The molecule has 0 aromatic carbocycles. The van der Waals surface area contributed by atoms with Crippen LogP contribution >= 0.6 is 0 Å². The van der Waals surface area contributed by atoms with Gasteiger partial charge in [-0.05, 0) is 62.8 Å². The Bertz CT molecular complexity index is 711. The lowest BCUT2D eigenvalue weighted by Crippen LogP contribution is -2.39. The van der Waals surface area contributed by atoms with E-state index in [1.165, 1.54) is 19.3 Å². The molecule has 0 saturated heterocycles. The Morgan fingerprint density at radius 1 is 1.32 bits per heavy atom. The SMILES string of the molecule is CCOC(=O)c1c(C(CC)CCOC)nc2c(c1CC)C(O)CC1(CCC1)C2. The van der Waals surface area contributed by atoms with E-state index in [9.17, 15) is 9.90 Å². The van der Waals surface area contributed by atoms with Crippen molar-refractivity contribution in [2.45, 2.75) is 84.2 Å². The summed E-state index contributed by atoms with van der Waals surface area (Å²) in [6.45, 7) is 6.97. The van der Waals surface area contributed by atoms with Crippen LogP contribution < -0.4 is 0 Å². The van der Waals surface area contributed by atoms with Crippen molar-refractivity contribution in [3.63, 3.8) is 0 Å². The predicted molar refractivity (Wildman–Crippen MR) is 109 cm³/mol. The van der Waals surface area contributed by atoms with Crippen LogP contribution in [0.2, 0.25) is 0 Å². The van der Waals surface area contributed by atoms with E-state index in [0.29, 0.717) is 25.2 Å². The first-order chi connectivity index (χ1) is 13.5. The molecule has 1 N–H and O–H groups in total. The molecule has 0 amide bonds. The first kappa shape index (κ1) is 21.3. The van der Waals surface area contributed by atoms with Crippen LogP contribution in [0.5, 0.6) is 0 Å². The van der Waals surface area contributed by atoms with Crippen LogP contribution in [0.4, 0.5) is 0 Å². The van der Waals surface area contributed by atoms with Gasteiger partial charge in [0.2, 0.25) is 0 Å². The Balaban J connectivity index is 2.16. The third-order valence-electron chi connectivity index (χ3n) is 6.75. The third kappa shape index (κ3) is 3.84. The fourth-order valence-electron chi connectivity index (χ4n) is 5.14. The summed E-state index contributed by atoms with van der Waals surface area (Å²) >= 11 is 0. The van der Waals surface area contributed by atoms with Crippen LogP contribution in [-0.4, -0.2) is 36.4 Å². The monoisotopic (exact) mass is 389 g/mol. The molecule has 1 aromatic rings. The fourth-order valence-corrected chi connectivity index (χ4v) is 5.14. The van der Waals surface area contributed by atoms with Gasteiger partial charge < -0.3 is 14.6 Å². The topological polar surface area (TPSA) is 68.7 Å². The molecule has 0 radical (unpaired) electrons. The lowest BCUT2D eigenvalue weighted by molar-refractivity contribution is 0.0236. The molecule has 2 aliphatic carbocycles. The number of aliphatic hydroxyl groups is 1. The van der Waals surface area contributed by atoms with Gasteiger partial charge in [0.15, 0.2) is 0 Å². The standard InChI is InChI=1S/C23H35NO4/c1-5-15(9-12-27-4)21-20(22(26)28-7-3)16(6-2)19-17(24-21)13-23(10-8-11-23)14-18(19)25/h15,18,25H,5-14H2,1-4H3. The Morgan fingerprint density at radius 3 is 2.61 bits per heavy atom. The van der Waals surface area contributed by atoms with Gasteiger partial charge in [0.1, 0.15) is 0 Å². The first-order valence-electron chi connectivity index (χ1n) is 10.9. The predicted octanol–water partition coefficient (Wildman–Crippen LogP) is 4.50. The van der Waals surface area contributed by atoms with Crippen molar-refractivity contribution in [3.8, 4) is 0 Å². The minimum atomic E-state index is -0.534. The van der Waals surface area contributed by atoms with Gasteiger partial charge in [0, 0.05) is 30.9 Å². The molecule has 2 unspecified atom stereocenters. The molecular weight excluding hydrogens is 354 g/mol. The average molecular weight is 390 g/mol. The van der Waals surface area contributed by atoms with Crippen molar-refractivity contribution in [1.82, 2.24) is 4.98 Å². The quantitative estimate of drug-likeness (QED) is 0.663. The molecule has 28 heavy (non-hydrogen) atoms. The summed E-state index contributed by atoms with van der Waals surface area (Å²) in [5, 5.41) is 11.0. The van der Waals surface area contributed by atoms with Gasteiger partial charge in [-0.2, -0.15) is 0 Å². The molecule has 1 fully saturated rings.